The predicted molar refractivity (Wildman–Crippen MR) is 111 cm³/mol. The van der Waals surface area contributed by atoms with Crippen LogP contribution in [0.15, 0.2) is 47.6 Å². The smallest absolute Gasteiger partial charge is 0.214 e. The Balaban J connectivity index is 1.64. The summed E-state index contributed by atoms with van der Waals surface area (Å²) in [5.74, 6) is 1.73. The van der Waals surface area contributed by atoms with Crippen molar-refractivity contribution in [1.29, 1.82) is 5.26 Å². The summed E-state index contributed by atoms with van der Waals surface area (Å²) in [6.45, 7) is 1.30. The van der Waals surface area contributed by atoms with E-state index in [1.807, 2.05) is 30.5 Å². The minimum atomic E-state index is 0.404. The Morgan fingerprint density at radius 1 is 1.18 bits per heavy atom. The average Bonchev–Trinajstić information content (AvgIpc) is 2.71. The van der Waals surface area contributed by atoms with E-state index in [0.717, 1.165) is 37.1 Å². The molecule has 0 saturated heterocycles. The molecule has 2 rings (SSSR count). The van der Waals surface area contributed by atoms with Gasteiger partial charge in [-0.05, 0) is 49.6 Å². The SMILES string of the molecule is COc1cc(NC(=NCCCCCCOc2ccc(Cl)cc2)NC#N)ccn1. The minimum absolute atomic E-state index is 0.404. The average molecular weight is 402 g/mol. The van der Waals surface area contributed by atoms with Crippen LogP contribution in [0.25, 0.3) is 0 Å². The molecule has 0 aliphatic carbocycles. The summed E-state index contributed by atoms with van der Waals surface area (Å²) in [4.78, 5) is 8.45. The Morgan fingerprint density at radius 2 is 1.96 bits per heavy atom. The van der Waals surface area contributed by atoms with Gasteiger partial charge in [-0.25, -0.2) is 4.98 Å². The zero-order valence-corrected chi connectivity index (χ0v) is 16.6. The summed E-state index contributed by atoms with van der Waals surface area (Å²) in [5, 5.41) is 15.2. The molecule has 0 radical (unpaired) electrons. The number of aliphatic imine (C=N–C) groups is 1. The lowest BCUT2D eigenvalue weighted by atomic mass is 10.2. The Bertz CT molecular complexity index is 790. The Hall–Kier alpha value is -2.98. The summed E-state index contributed by atoms with van der Waals surface area (Å²) < 4.78 is 10.7. The van der Waals surface area contributed by atoms with Gasteiger partial charge in [0.15, 0.2) is 6.19 Å². The highest BCUT2D eigenvalue weighted by Gasteiger charge is 2.01. The van der Waals surface area contributed by atoms with E-state index < -0.39 is 0 Å². The quantitative estimate of drug-likeness (QED) is 0.203. The molecule has 2 aromatic rings. The molecule has 148 valence electrons. The first-order valence-corrected chi connectivity index (χ1v) is 9.44. The molecule has 1 aromatic heterocycles. The molecular weight excluding hydrogens is 378 g/mol. The molecule has 0 aliphatic heterocycles. The van der Waals surface area contributed by atoms with Gasteiger partial charge in [0, 0.05) is 29.5 Å². The number of nitriles is 1. The number of hydrogen-bond acceptors (Lipinski definition) is 5. The van der Waals surface area contributed by atoms with E-state index >= 15 is 0 Å². The first-order valence-electron chi connectivity index (χ1n) is 9.06. The van der Waals surface area contributed by atoms with Crippen LogP contribution in [0, 0.1) is 11.5 Å². The normalized spacial score (nSPS) is 10.8. The molecule has 2 N–H and O–H groups in total. The Kier molecular flexibility index (Phi) is 9.45. The van der Waals surface area contributed by atoms with E-state index in [9.17, 15) is 0 Å². The second-order valence-electron chi connectivity index (χ2n) is 5.90. The van der Waals surface area contributed by atoms with Gasteiger partial charge in [-0.15, -0.1) is 0 Å². The van der Waals surface area contributed by atoms with Crippen molar-refractivity contribution in [2.75, 3.05) is 25.6 Å². The largest absolute Gasteiger partial charge is 0.494 e. The molecule has 28 heavy (non-hydrogen) atoms. The fourth-order valence-electron chi connectivity index (χ4n) is 2.38. The molecule has 1 heterocycles. The van der Waals surface area contributed by atoms with Crippen molar-refractivity contribution in [3.8, 4) is 17.8 Å². The van der Waals surface area contributed by atoms with Gasteiger partial charge >= 0.3 is 0 Å². The predicted octanol–water partition coefficient (Wildman–Crippen LogP) is 4.22. The van der Waals surface area contributed by atoms with E-state index in [0.29, 0.717) is 30.0 Å². The number of methoxy groups -OCH3 is 1. The topological polar surface area (TPSA) is 91.6 Å². The molecule has 1 aromatic carbocycles. The first kappa shape index (κ1) is 21.3. The number of nitrogens with one attached hydrogen (secondary N) is 2. The lowest BCUT2D eigenvalue weighted by Gasteiger charge is -2.09. The van der Waals surface area contributed by atoms with Crippen molar-refractivity contribution in [3.05, 3.63) is 47.6 Å². The monoisotopic (exact) mass is 401 g/mol. The molecule has 8 heteroatoms. The van der Waals surface area contributed by atoms with Crippen LogP contribution in [0.3, 0.4) is 0 Å². The number of anilines is 1. The molecule has 7 nitrogen and oxygen atoms in total. The number of nitrogens with zero attached hydrogens (tertiary/aromatic N) is 3. The summed E-state index contributed by atoms with van der Waals surface area (Å²) in [6.07, 6.45) is 7.51. The third-order valence-corrected chi connectivity index (χ3v) is 4.04. The number of pyridine rings is 1. The second-order valence-corrected chi connectivity index (χ2v) is 6.33. The van der Waals surface area contributed by atoms with E-state index in [-0.39, 0.29) is 0 Å². The van der Waals surface area contributed by atoms with Crippen LogP contribution in [0.1, 0.15) is 25.7 Å². The van der Waals surface area contributed by atoms with Crippen LogP contribution in [-0.4, -0.2) is 31.2 Å². The van der Waals surface area contributed by atoms with Crippen LogP contribution in [-0.2, 0) is 0 Å². The highest BCUT2D eigenvalue weighted by Crippen LogP contribution is 2.16. The highest BCUT2D eigenvalue weighted by molar-refractivity contribution is 6.30. The Morgan fingerprint density at radius 3 is 2.71 bits per heavy atom. The van der Waals surface area contributed by atoms with E-state index in [4.69, 9.17) is 26.3 Å². The van der Waals surface area contributed by atoms with Crippen LogP contribution in [0.5, 0.6) is 11.6 Å². The third-order valence-electron chi connectivity index (χ3n) is 3.79. The number of halogens is 1. The number of ether oxygens (including phenoxy) is 2. The van der Waals surface area contributed by atoms with Crippen LogP contribution < -0.4 is 20.1 Å². The maximum absolute atomic E-state index is 8.88. The third kappa shape index (κ3) is 8.14. The van der Waals surface area contributed by atoms with Crippen molar-refractivity contribution in [2.45, 2.75) is 25.7 Å². The zero-order valence-electron chi connectivity index (χ0n) is 15.8. The summed E-state index contributed by atoms with van der Waals surface area (Å²) in [6, 6.07) is 10.9. The molecule has 0 aliphatic rings. The number of hydrogen-bond donors (Lipinski definition) is 2. The molecule has 0 bridgehead atoms. The van der Waals surface area contributed by atoms with Crippen LogP contribution in [0.4, 0.5) is 5.69 Å². The lowest BCUT2D eigenvalue weighted by Crippen LogP contribution is -2.27. The summed E-state index contributed by atoms with van der Waals surface area (Å²) in [7, 11) is 1.55. The number of aromatic nitrogens is 1. The lowest BCUT2D eigenvalue weighted by molar-refractivity contribution is 0.305. The van der Waals surface area contributed by atoms with Crippen LogP contribution >= 0.6 is 11.6 Å². The molecule has 0 fully saturated rings. The summed E-state index contributed by atoms with van der Waals surface area (Å²) >= 11 is 5.84. The maximum Gasteiger partial charge on any atom is 0.214 e. The van der Waals surface area contributed by atoms with Gasteiger partial charge in [-0.2, -0.15) is 5.26 Å². The number of unbranched alkanes of at least 4 members (excludes halogenated alkanes) is 3. The van der Waals surface area contributed by atoms with Gasteiger partial charge < -0.3 is 14.8 Å². The number of guanidine groups is 1. The second kappa shape index (κ2) is 12.4. The van der Waals surface area contributed by atoms with E-state index in [2.05, 4.69) is 20.6 Å². The molecular formula is C20H24ClN5O2. The summed E-state index contributed by atoms with van der Waals surface area (Å²) in [5.41, 5.74) is 0.743. The Labute approximate surface area is 170 Å². The van der Waals surface area contributed by atoms with Gasteiger partial charge in [-0.1, -0.05) is 18.0 Å². The zero-order chi connectivity index (χ0) is 20.0. The van der Waals surface area contributed by atoms with Gasteiger partial charge in [0.05, 0.1) is 13.7 Å². The van der Waals surface area contributed by atoms with Crippen molar-refractivity contribution in [2.24, 2.45) is 4.99 Å². The molecule has 0 saturated carbocycles. The van der Waals surface area contributed by atoms with Gasteiger partial charge in [-0.3, -0.25) is 10.3 Å². The fraction of sp³-hybridized carbons (Fsp3) is 0.350. The molecule has 0 amide bonds. The van der Waals surface area contributed by atoms with E-state index in [1.54, 1.807) is 25.4 Å². The highest BCUT2D eigenvalue weighted by atomic mass is 35.5. The van der Waals surface area contributed by atoms with Crippen molar-refractivity contribution in [3.63, 3.8) is 0 Å². The van der Waals surface area contributed by atoms with Crippen LogP contribution in [0.2, 0.25) is 5.02 Å². The number of rotatable bonds is 10. The number of benzene rings is 1. The van der Waals surface area contributed by atoms with Crippen molar-refractivity contribution >= 4 is 23.2 Å². The van der Waals surface area contributed by atoms with Gasteiger partial charge in [0.2, 0.25) is 11.8 Å². The fourth-order valence-corrected chi connectivity index (χ4v) is 2.50. The van der Waals surface area contributed by atoms with Gasteiger partial charge in [0.25, 0.3) is 0 Å². The van der Waals surface area contributed by atoms with E-state index in [1.165, 1.54) is 0 Å². The maximum atomic E-state index is 8.88. The molecule has 0 atom stereocenters. The first-order chi connectivity index (χ1) is 13.7. The molecule has 0 unspecified atom stereocenters. The van der Waals surface area contributed by atoms with Gasteiger partial charge in [0.1, 0.15) is 5.75 Å². The molecule has 0 spiro atoms. The standard InChI is InChI=1S/C20H24ClN5O2/c1-27-19-14-17(10-12-23-19)26-20(25-15-22)24-11-4-2-3-5-13-28-18-8-6-16(21)7-9-18/h6-10,12,14H,2-5,11,13H2,1H3,(H2,23,24,25,26). The minimum Gasteiger partial charge on any atom is -0.494 e. The van der Waals surface area contributed by atoms with Crippen molar-refractivity contribution in [1.82, 2.24) is 10.3 Å². The van der Waals surface area contributed by atoms with Crippen molar-refractivity contribution < 1.29 is 9.47 Å².